The highest BCUT2D eigenvalue weighted by molar-refractivity contribution is 5.98. The van der Waals surface area contributed by atoms with E-state index < -0.39 is 5.91 Å². The molecule has 0 aromatic carbocycles. The molecule has 2 aromatic rings. The first-order chi connectivity index (χ1) is 13.0. The number of carbonyl (C=O) groups is 1. The third kappa shape index (κ3) is 4.36. The van der Waals surface area contributed by atoms with Gasteiger partial charge in [-0.25, -0.2) is 4.98 Å². The van der Waals surface area contributed by atoms with Crippen molar-refractivity contribution in [2.45, 2.75) is 37.8 Å². The number of nitrogens with zero attached hydrogens (tertiary/aromatic N) is 4. The molecule has 7 nitrogen and oxygen atoms in total. The largest absolute Gasteiger partial charge is 0.365 e. The molecule has 27 heavy (non-hydrogen) atoms. The Morgan fingerprint density at radius 1 is 1.15 bits per heavy atom. The number of anilines is 3. The van der Waals surface area contributed by atoms with Crippen molar-refractivity contribution < 1.29 is 4.79 Å². The molecule has 2 atom stereocenters. The van der Waals surface area contributed by atoms with Gasteiger partial charge in [-0.1, -0.05) is 12.8 Å². The average Bonchev–Trinajstić information content (AvgIpc) is 2.68. The molecule has 1 fully saturated rings. The van der Waals surface area contributed by atoms with Crippen LogP contribution in [0.4, 0.5) is 17.3 Å². The number of primary amides is 1. The van der Waals surface area contributed by atoms with Gasteiger partial charge in [0.25, 0.3) is 5.91 Å². The zero-order valence-corrected chi connectivity index (χ0v) is 16.2. The van der Waals surface area contributed by atoms with Gasteiger partial charge in [0.15, 0.2) is 0 Å². The smallest absolute Gasteiger partial charge is 0.252 e. The molecule has 3 N–H and O–H groups in total. The maximum atomic E-state index is 11.8. The van der Waals surface area contributed by atoms with Gasteiger partial charge in [0.05, 0.1) is 17.4 Å². The number of nitrogens with one attached hydrogen (secondary N) is 1. The minimum Gasteiger partial charge on any atom is -0.365 e. The maximum absolute atomic E-state index is 11.8. The number of hydrogen-bond acceptors (Lipinski definition) is 6. The van der Waals surface area contributed by atoms with Crippen molar-refractivity contribution in [1.82, 2.24) is 14.9 Å². The van der Waals surface area contributed by atoms with Crippen molar-refractivity contribution in [1.29, 1.82) is 0 Å². The number of rotatable bonds is 6. The topological polar surface area (TPSA) is 87.4 Å². The Morgan fingerprint density at radius 2 is 1.89 bits per heavy atom. The minimum atomic E-state index is -0.507. The summed E-state index contributed by atoms with van der Waals surface area (Å²) in [6.07, 6.45) is 8.18. The fraction of sp³-hybridized carbons (Fsp3) is 0.450. The van der Waals surface area contributed by atoms with E-state index in [9.17, 15) is 4.79 Å². The average molecular weight is 368 g/mol. The molecule has 2 aromatic heterocycles. The summed E-state index contributed by atoms with van der Waals surface area (Å²) in [6, 6.07) is 8.18. The Labute approximate surface area is 160 Å². The second-order valence-electron chi connectivity index (χ2n) is 7.29. The molecular weight excluding hydrogens is 340 g/mol. The lowest BCUT2D eigenvalue weighted by atomic mass is 9.88. The van der Waals surface area contributed by atoms with Gasteiger partial charge in [-0.2, -0.15) is 0 Å². The molecule has 1 aliphatic carbocycles. The second-order valence-corrected chi connectivity index (χ2v) is 7.29. The van der Waals surface area contributed by atoms with Gasteiger partial charge in [-0.3, -0.25) is 9.78 Å². The Bertz CT molecular complexity index is 779. The Morgan fingerprint density at radius 3 is 2.52 bits per heavy atom. The minimum absolute atomic E-state index is 0.365. The van der Waals surface area contributed by atoms with Gasteiger partial charge in [-0.05, 0) is 51.2 Å². The van der Waals surface area contributed by atoms with Crippen LogP contribution in [0.2, 0.25) is 0 Å². The van der Waals surface area contributed by atoms with Crippen molar-refractivity contribution in [2.24, 2.45) is 5.73 Å². The van der Waals surface area contributed by atoms with Crippen molar-refractivity contribution in [3.63, 3.8) is 0 Å². The molecule has 144 valence electrons. The molecule has 7 heteroatoms. The van der Waals surface area contributed by atoms with Gasteiger partial charge in [0, 0.05) is 25.3 Å². The van der Waals surface area contributed by atoms with E-state index in [-0.39, 0.29) is 0 Å². The highest BCUT2D eigenvalue weighted by Crippen LogP contribution is 2.29. The van der Waals surface area contributed by atoms with Crippen LogP contribution in [-0.4, -0.2) is 54.0 Å². The van der Waals surface area contributed by atoms with Crippen molar-refractivity contribution >= 4 is 23.2 Å². The summed E-state index contributed by atoms with van der Waals surface area (Å²) in [4.78, 5) is 25.2. The van der Waals surface area contributed by atoms with Gasteiger partial charge in [0.2, 0.25) is 0 Å². The van der Waals surface area contributed by atoms with E-state index in [4.69, 9.17) is 10.7 Å². The lowest BCUT2D eigenvalue weighted by molar-refractivity contribution is 0.100. The van der Waals surface area contributed by atoms with Crippen LogP contribution in [0.25, 0.3) is 0 Å². The fourth-order valence-electron chi connectivity index (χ4n) is 3.83. The zero-order chi connectivity index (χ0) is 19.4. The summed E-state index contributed by atoms with van der Waals surface area (Å²) < 4.78 is 0. The highest BCUT2D eigenvalue weighted by Gasteiger charge is 2.30. The van der Waals surface area contributed by atoms with Gasteiger partial charge in [-0.15, -0.1) is 0 Å². The van der Waals surface area contributed by atoms with Crippen molar-refractivity contribution in [2.75, 3.05) is 31.4 Å². The van der Waals surface area contributed by atoms with Gasteiger partial charge >= 0.3 is 0 Å². The molecule has 3 rings (SSSR count). The SMILES string of the molecule is CN(C)C1CCCCC1N(C)c1ccc(C(N)=O)c(Nc2cccnc2)n1. The van der Waals surface area contributed by atoms with E-state index >= 15 is 0 Å². The maximum Gasteiger partial charge on any atom is 0.252 e. The number of amides is 1. The first-order valence-corrected chi connectivity index (χ1v) is 9.34. The standard InChI is InChI=1S/C20H28N6O/c1-25(2)16-8-4-5-9-17(16)26(3)18-11-10-15(19(21)27)20(24-18)23-14-7-6-12-22-13-14/h6-7,10-13,16-17H,4-5,8-9H2,1-3H3,(H2,21,27)(H,23,24). The molecule has 0 spiro atoms. The highest BCUT2D eigenvalue weighted by atomic mass is 16.1. The molecule has 1 amide bonds. The zero-order valence-electron chi connectivity index (χ0n) is 16.2. The van der Waals surface area contributed by atoms with Crippen LogP contribution in [0.5, 0.6) is 0 Å². The number of carbonyl (C=O) groups excluding carboxylic acids is 1. The lowest BCUT2D eigenvalue weighted by Crippen LogP contribution is -2.50. The Kier molecular flexibility index (Phi) is 5.91. The molecular formula is C20H28N6O. The summed E-state index contributed by atoms with van der Waals surface area (Å²) in [7, 11) is 6.35. The van der Waals surface area contributed by atoms with Crippen LogP contribution in [0.1, 0.15) is 36.0 Å². The first kappa shape index (κ1) is 19.1. The van der Waals surface area contributed by atoms with Crippen LogP contribution in [0.15, 0.2) is 36.7 Å². The number of likely N-dealkylation sites (N-methyl/N-ethyl adjacent to an activating group) is 2. The molecule has 0 radical (unpaired) electrons. The van der Waals surface area contributed by atoms with Crippen LogP contribution in [0.3, 0.4) is 0 Å². The van der Waals surface area contributed by atoms with E-state index in [1.165, 1.54) is 19.3 Å². The quantitative estimate of drug-likeness (QED) is 0.815. The van der Waals surface area contributed by atoms with Gasteiger partial charge in [0.1, 0.15) is 11.6 Å². The third-order valence-corrected chi connectivity index (χ3v) is 5.29. The third-order valence-electron chi connectivity index (χ3n) is 5.29. The predicted octanol–water partition coefficient (Wildman–Crippen LogP) is 2.63. The molecule has 0 saturated heterocycles. The van der Waals surface area contributed by atoms with Crippen LogP contribution in [-0.2, 0) is 0 Å². The summed E-state index contributed by atoms with van der Waals surface area (Å²) in [6.45, 7) is 0. The summed E-state index contributed by atoms with van der Waals surface area (Å²) in [5.41, 5.74) is 6.67. The van der Waals surface area contributed by atoms with Crippen LogP contribution < -0.4 is 16.0 Å². The molecule has 0 bridgehead atoms. The molecule has 1 aliphatic rings. The number of nitrogens with two attached hydrogens (primary N) is 1. The molecule has 2 unspecified atom stereocenters. The second kappa shape index (κ2) is 8.35. The Balaban J connectivity index is 1.91. The number of hydrogen-bond donors (Lipinski definition) is 2. The number of pyridine rings is 2. The summed E-state index contributed by atoms with van der Waals surface area (Å²) in [5, 5.41) is 3.17. The lowest BCUT2D eigenvalue weighted by Gasteiger charge is -2.41. The normalized spacial score (nSPS) is 19.7. The monoisotopic (exact) mass is 368 g/mol. The summed E-state index contributed by atoms with van der Waals surface area (Å²) >= 11 is 0. The fourth-order valence-corrected chi connectivity index (χ4v) is 3.83. The van der Waals surface area contributed by atoms with E-state index in [0.29, 0.717) is 23.5 Å². The predicted molar refractivity (Wildman–Crippen MR) is 108 cm³/mol. The molecule has 2 heterocycles. The first-order valence-electron chi connectivity index (χ1n) is 9.34. The van der Waals surface area contributed by atoms with E-state index in [2.05, 4.69) is 41.2 Å². The van der Waals surface area contributed by atoms with Crippen LogP contribution in [0, 0.1) is 0 Å². The van der Waals surface area contributed by atoms with Crippen molar-refractivity contribution in [3.05, 3.63) is 42.2 Å². The van der Waals surface area contributed by atoms with E-state index in [0.717, 1.165) is 17.9 Å². The van der Waals surface area contributed by atoms with E-state index in [1.54, 1.807) is 18.5 Å². The summed E-state index contributed by atoms with van der Waals surface area (Å²) in [5.74, 6) is 0.772. The molecule has 0 aliphatic heterocycles. The Hall–Kier alpha value is -2.67. The van der Waals surface area contributed by atoms with Crippen LogP contribution >= 0.6 is 0 Å². The number of aromatic nitrogens is 2. The van der Waals surface area contributed by atoms with Crippen molar-refractivity contribution in [3.8, 4) is 0 Å². The molecule has 1 saturated carbocycles. The van der Waals surface area contributed by atoms with Gasteiger partial charge < -0.3 is 20.9 Å². The van der Waals surface area contributed by atoms with E-state index in [1.807, 2.05) is 18.2 Å².